The van der Waals surface area contributed by atoms with Gasteiger partial charge in [0.15, 0.2) is 0 Å². The molecule has 3 rings (SSSR count). The smallest absolute Gasteiger partial charge is 0.338 e. The normalized spacial score (nSPS) is 16.2. The van der Waals surface area contributed by atoms with Gasteiger partial charge in [0, 0.05) is 12.8 Å². The second-order valence-corrected chi connectivity index (χ2v) is 6.75. The maximum atomic E-state index is 13.4. The molecule has 0 saturated heterocycles. The van der Waals surface area contributed by atoms with Crippen molar-refractivity contribution in [3.63, 3.8) is 0 Å². The fraction of sp³-hybridized carbons (Fsp3) is 0.227. The van der Waals surface area contributed by atoms with E-state index in [1.807, 2.05) is 0 Å². The molecule has 0 fully saturated rings. The fourth-order valence-electron chi connectivity index (χ4n) is 3.27. The molecule has 0 aliphatic carbocycles. The lowest BCUT2D eigenvalue weighted by Crippen LogP contribution is -2.48. The third kappa shape index (κ3) is 4.72. The Kier molecular flexibility index (Phi) is 6.66. The first-order valence-electron chi connectivity index (χ1n) is 9.39. The number of carbonyl (C=O) groups is 3. The molecule has 8 nitrogen and oxygen atoms in total. The molecular formula is C22H21FN2O6. The number of allylic oxidation sites excluding steroid dienone is 1. The number of halogens is 1. The Morgan fingerprint density at radius 2 is 1.74 bits per heavy atom. The van der Waals surface area contributed by atoms with Crippen LogP contribution in [0.25, 0.3) is 0 Å². The van der Waals surface area contributed by atoms with Crippen LogP contribution in [0.4, 0.5) is 14.9 Å². The number of anilines is 1. The molecule has 0 saturated carbocycles. The molecule has 1 aliphatic heterocycles. The zero-order valence-corrected chi connectivity index (χ0v) is 16.9. The van der Waals surface area contributed by atoms with Gasteiger partial charge in [0.1, 0.15) is 12.4 Å². The van der Waals surface area contributed by atoms with Gasteiger partial charge in [-0.3, -0.25) is 4.90 Å². The van der Waals surface area contributed by atoms with Crippen LogP contribution in [0.2, 0.25) is 0 Å². The minimum atomic E-state index is -1.10. The lowest BCUT2D eigenvalue weighted by molar-refractivity contribution is -0.140. The summed E-state index contributed by atoms with van der Waals surface area (Å²) in [4.78, 5) is 38.2. The average molecular weight is 428 g/mol. The molecule has 0 radical (unpaired) electrons. The average Bonchev–Trinajstić information content (AvgIpc) is 2.74. The Balaban J connectivity index is 2.04. The zero-order valence-electron chi connectivity index (χ0n) is 16.9. The Morgan fingerprint density at radius 3 is 2.32 bits per heavy atom. The summed E-state index contributed by atoms with van der Waals surface area (Å²) >= 11 is 0. The van der Waals surface area contributed by atoms with Gasteiger partial charge in [-0.15, -0.1) is 0 Å². The number of ether oxygens (including phenoxy) is 2. The lowest BCUT2D eigenvalue weighted by atomic mass is 9.94. The van der Waals surface area contributed by atoms with Crippen molar-refractivity contribution < 1.29 is 33.4 Å². The predicted molar refractivity (Wildman–Crippen MR) is 109 cm³/mol. The first kappa shape index (κ1) is 22.0. The van der Waals surface area contributed by atoms with Gasteiger partial charge in [0.25, 0.3) is 0 Å². The van der Waals surface area contributed by atoms with E-state index in [0.717, 1.165) is 0 Å². The molecule has 1 atom stereocenters. The van der Waals surface area contributed by atoms with Crippen molar-refractivity contribution in [3.8, 4) is 0 Å². The summed E-state index contributed by atoms with van der Waals surface area (Å²) in [6.07, 6.45) is 0. The van der Waals surface area contributed by atoms with E-state index in [-0.39, 0.29) is 24.4 Å². The van der Waals surface area contributed by atoms with Crippen LogP contribution in [-0.2, 0) is 14.3 Å². The molecule has 9 heteroatoms. The molecule has 2 N–H and O–H groups in total. The van der Waals surface area contributed by atoms with Crippen molar-refractivity contribution in [2.45, 2.75) is 13.0 Å². The number of hydrogen-bond donors (Lipinski definition) is 2. The van der Waals surface area contributed by atoms with Crippen LogP contribution in [0.3, 0.4) is 0 Å². The van der Waals surface area contributed by atoms with Gasteiger partial charge in [-0.2, -0.15) is 0 Å². The van der Waals surface area contributed by atoms with E-state index in [9.17, 15) is 18.8 Å². The number of amides is 2. The summed E-state index contributed by atoms with van der Waals surface area (Å²) in [6, 6.07) is 9.73. The number of aromatic carboxylic acids is 1. The molecule has 1 heterocycles. The molecule has 0 bridgehead atoms. The summed E-state index contributed by atoms with van der Waals surface area (Å²) in [7, 11) is 1.48. The predicted octanol–water partition coefficient (Wildman–Crippen LogP) is 3.26. The highest BCUT2D eigenvalue weighted by molar-refractivity contribution is 6.03. The van der Waals surface area contributed by atoms with Crippen LogP contribution < -0.4 is 10.2 Å². The molecule has 2 aromatic rings. The van der Waals surface area contributed by atoms with E-state index in [0.29, 0.717) is 16.9 Å². The highest BCUT2D eigenvalue weighted by Gasteiger charge is 2.37. The van der Waals surface area contributed by atoms with E-state index in [1.165, 1.54) is 60.5 Å². The first-order chi connectivity index (χ1) is 14.8. The highest BCUT2D eigenvalue weighted by Crippen LogP contribution is 2.34. The standard InChI is InChI=1S/C22H21FN2O6/c1-13-18(21(28)31-12-11-30-2)19(14-3-7-16(23)8-4-14)24-22(29)25(13)17-9-5-15(6-10-17)20(26)27/h3-10,19H,11-12H2,1-2H3,(H,24,29)(H,26,27). The molecule has 1 unspecified atom stereocenters. The Hall–Kier alpha value is -3.72. The maximum absolute atomic E-state index is 13.4. The molecular weight excluding hydrogens is 407 g/mol. The number of urea groups is 1. The molecule has 162 valence electrons. The van der Waals surface area contributed by atoms with Crippen LogP contribution >= 0.6 is 0 Å². The van der Waals surface area contributed by atoms with Crippen LogP contribution in [0.15, 0.2) is 59.8 Å². The number of benzene rings is 2. The Labute approximate surface area is 177 Å². The molecule has 0 spiro atoms. The second kappa shape index (κ2) is 9.40. The number of hydrogen-bond acceptors (Lipinski definition) is 5. The van der Waals surface area contributed by atoms with E-state index in [2.05, 4.69) is 5.32 Å². The summed E-state index contributed by atoms with van der Waals surface area (Å²) < 4.78 is 23.6. The molecule has 2 aromatic carbocycles. The van der Waals surface area contributed by atoms with Gasteiger partial charge in [-0.05, 0) is 48.9 Å². The van der Waals surface area contributed by atoms with Gasteiger partial charge in [-0.25, -0.2) is 18.8 Å². The molecule has 1 aliphatic rings. The third-order valence-corrected chi connectivity index (χ3v) is 4.80. The number of carboxylic acids is 1. The number of carbonyl (C=O) groups excluding carboxylic acids is 2. The third-order valence-electron chi connectivity index (χ3n) is 4.80. The van der Waals surface area contributed by atoms with E-state index in [4.69, 9.17) is 14.6 Å². The van der Waals surface area contributed by atoms with Crippen LogP contribution in [0, 0.1) is 5.82 Å². The number of nitrogens with zero attached hydrogens (tertiary/aromatic N) is 1. The Bertz CT molecular complexity index is 1020. The summed E-state index contributed by atoms with van der Waals surface area (Å²) in [5.41, 5.74) is 1.42. The van der Waals surface area contributed by atoms with Crippen LogP contribution in [0.1, 0.15) is 28.9 Å². The Morgan fingerprint density at radius 1 is 1.10 bits per heavy atom. The van der Waals surface area contributed by atoms with Crippen molar-refractivity contribution in [1.29, 1.82) is 0 Å². The van der Waals surface area contributed by atoms with E-state index < -0.39 is 29.8 Å². The SMILES string of the molecule is COCCOC(=O)C1=C(C)N(c2ccc(C(=O)O)cc2)C(=O)NC1c1ccc(F)cc1. The van der Waals surface area contributed by atoms with Gasteiger partial charge in [0.2, 0.25) is 0 Å². The number of esters is 1. The minimum Gasteiger partial charge on any atom is -0.478 e. The minimum absolute atomic E-state index is 0.0174. The number of rotatable bonds is 7. The van der Waals surface area contributed by atoms with Gasteiger partial charge in [-0.1, -0.05) is 12.1 Å². The van der Waals surface area contributed by atoms with Gasteiger partial charge in [0.05, 0.1) is 29.5 Å². The second-order valence-electron chi connectivity index (χ2n) is 6.75. The fourth-order valence-corrected chi connectivity index (χ4v) is 3.27. The van der Waals surface area contributed by atoms with E-state index >= 15 is 0 Å². The molecule has 2 amide bonds. The summed E-state index contributed by atoms with van der Waals surface area (Å²) in [5, 5.41) is 11.8. The number of carboxylic acid groups (broad SMARTS) is 1. The highest BCUT2D eigenvalue weighted by atomic mass is 19.1. The van der Waals surface area contributed by atoms with Crippen molar-refractivity contribution in [3.05, 3.63) is 76.7 Å². The van der Waals surface area contributed by atoms with Gasteiger partial charge >= 0.3 is 18.0 Å². The van der Waals surface area contributed by atoms with E-state index in [1.54, 1.807) is 6.92 Å². The first-order valence-corrected chi connectivity index (χ1v) is 9.39. The van der Waals surface area contributed by atoms with Crippen molar-refractivity contribution in [2.24, 2.45) is 0 Å². The quantitative estimate of drug-likeness (QED) is 0.518. The monoisotopic (exact) mass is 428 g/mol. The van der Waals surface area contributed by atoms with Crippen molar-refractivity contribution >= 4 is 23.7 Å². The zero-order chi connectivity index (χ0) is 22.5. The van der Waals surface area contributed by atoms with Gasteiger partial charge < -0.3 is 19.9 Å². The van der Waals surface area contributed by atoms with Crippen molar-refractivity contribution in [1.82, 2.24) is 5.32 Å². The van der Waals surface area contributed by atoms with Crippen LogP contribution in [-0.4, -0.2) is 43.4 Å². The number of nitrogens with one attached hydrogen (secondary N) is 1. The number of methoxy groups -OCH3 is 1. The summed E-state index contributed by atoms with van der Waals surface area (Å²) in [6.45, 7) is 1.81. The largest absolute Gasteiger partial charge is 0.478 e. The maximum Gasteiger partial charge on any atom is 0.338 e. The lowest BCUT2D eigenvalue weighted by Gasteiger charge is -2.35. The topological polar surface area (TPSA) is 105 Å². The molecule has 31 heavy (non-hydrogen) atoms. The molecule has 0 aromatic heterocycles. The van der Waals surface area contributed by atoms with Crippen LogP contribution in [0.5, 0.6) is 0 Å². The summed E-state index contributed by atoms with van der Waals surface area (Å²) in [5.74, 6) is -2.20. The van der Waals surface area contributed by atoms with Crippen molar-refractivity contribution in [2.75, 3.05) is 25.2 Å².